The second-order valence-corrected chi connectivity index (χ2v) is 6.99. The standard InChI is InChI=1S/C22H24N4O3/c1-2-29-22(28)25-14-12-24(13-15-25)16-26-19-11-7-6-10-18(19)20(21(26)27)23-17-8-4-3-5-9-17/h3-11H,2,12-16H2,1H3. The number of aliphatic imine (C=N–C) groups is 1. The van der Waals surface area contributed by atoms with E-state index in [2.05, 4.69) is 9.89 Å². The summed E-state index contributed by atoms with van der Waals surface area (Å²) in [6.45, 7) is 5.22. The van der Waals surface area contributed by atoms with Gasteiger partial charge in [0.15, 0.2) is 0 Å². The van der Waals surface area contributed by atoms with E-state index in [1.807, 2.05) is 54.6 Å². The summed E-state index contributed by atoms with van der Waals surface area (Å²) in [6.07, 6.45) is -0.271. The zero-order chi connectivity index (χ0) is 20.2. The predicted molar refractivity (Wildman–Crippen MR) is 112 cm³/mol. The van der Waals surface area contributed by atoms with Crippen LogP contribution in [0.4, 0.5) is 16.2 Å². The molecule has 0 N–H and O–H groups in total. The number of fused-ring (bicyclic) bond motifs is 1. The average molecular weight is 392 g/mol. The lowest BCUT2D eigenvalue weighted by molar-refractivity contribution is -0.112. The molecule has 29 heavy (non-hydrogen) atoms. The third-order valence-electron chi connectivity index (χ3n) is 5.13. The number of carbonyl (C=O) groups is 2. The molecule has 1 saturated heterocycles. The summed E-state index contributed by atoms with van der Waals surface area (Å²) < 4.78 is 5.07. The van der Waals surface area contributed by atoms with Gasteiger partial charge in [0, 0.05) is 31.7 Å². The summed E-state index contributed by atoms with van der Waals surface area (Å²) >= 11 is 0. The molecule has 0 atom stereocenters. The Balaban J connectivity index is 1.50. The van der Waals surface area contributed by atoms with E-state index in [-0.39, 0.29) is 12.0 Å². The molecule has 1 fully saturated rings. The molecule has 7 heteroatoms. The van der Waals surface area contributed by atoms with Gasteiger partial charge in [0.2, 0.25) is 0 Å². The van der Waals surface area contributed by atoms with Gasteiger partial charge in [-0.25, -0.2) is 9.79 Å². The van der Waals surface area contributed by atoms with Gasteiger partial charge in [-0.1, -0.05) is 36.4 Å². The topological polar surface area (TPSA) is 65.5 Å². The zero-order valence-corrected chi connectivity index (χ0v) is 16.5. The van der Waals surface area contributed by atoms with E-state index >= 15 is 0 Å². The highest BCUT2D eigenvalue weighted by atomic mass is 16.6. The van der Waals surface area contributed by atoms with Crippen LogP contribution in [0.25, 0.3) is 0 Å². The Kier molecular flexibility index (Phi) is 5.57. The Hall–Kier alpha value is -3.19. The molecule has 2 heterocycles. The van der Waals surface area contributed by atoms with Crippen molar-refractivity contribution in [1.82, 2.24) is 9.80 Å². The van der Waals surface area contributed by atoms with Crippen LogP contribution in [0.2, 0.25) is 0 Å². The maximum atomic E-state index is 13.2. The molecule has 2 aliphatic heterocycles. The lowest BCUT2D eigenvalue weighted by Crippen LogP contribution is -2.52. The van der Waals surface area contributed by atoms with Crippen molar-refractivity contribution < 1.29 is 14.3 Å². The highest BCUT2D eigenvalue weighted by Gasteiger charge is 2.35. The summed E-state index contributed by atoms with van der Waals surface area (Å²) in [5.74, 6) is -0.0946. The molecule has 0 bridgehead atoms. The van der Waals surface area contributed by atoms with Crippen molar-refractivity contribution in [2.24, 2.45) is 4.99 Å². The monoisotopic (exact) mass is 392 g/mol. The highest BCUT2D eigenvalue weighted by molar-refractivity contribution is 6.54. The minimum atomic E-state index is -0.271. The fraction of sp³-hybridized carbons (Fsp3) is 0.318. The second-order valence-electron chi connectivity index (χ2n) is 6.99. The Bertz CT molecular complexity index is 921. The number of hydrogen-bond acceptors (Lipinski definition) is 5. The van der Waals surface area contributed by atoms with Crippen LogP contribution in [-0.4, -0.2) is 67.0 Å². The number of ether oxygens (including phenoxy) is 1. The molecule has 2 aromatic carbocycles. The first-order valence-corrected chi connectivity index (χ1v) is 9.86. The van der Waals surface area contributed by atoms with Crippen molar-refractivity contribution in [2.75, 3.05) is 44.4 Å². The fourth-order valence-electron chi connectivity index (χ4n) is 3.63. The van der Waals surface area contributed by atoms with Gasteiger partial charge in [0.1, 0.15) is 5.71 Å². The summed E-state index contributed by atoms with van der Waals surface area (Å²) in [4.78, 5) is 35.3. The van der Waals surface area contributed by atoms with Gasteiger partial charge in [0.25, 0.3) is 5.91 Å². The number of hydrogen-bond donors (Lipinski definition) is 0. The molecule has 150 valence electrons. The van der Waals surface area contributed by atoms with Crippen LogP contribution in [0.3, 0.4) is 0 Å². The van der Waals surface area contributed by atoms with Crippen molar-refractivity contribution in [1.29, 1.82) is 0 Å². The number of amides is 2. The Labute approximate surface area is 170 Å². The Morgan fingerprint density at radius 1 is 1.00 bits per heavy atom. The van der Waals surface area contributed by atoms with Crippen molar-refractivity contribution >= 4 is 29.1 Å². The van der Waals surface area contributed by atoms with Crippen molar-refractivity contribution in [3.8, 4) is 0 Å². The maximum Gasteiger partial charge on any atom is 0.409 e. The van der Waals surface area contributed by atoms with Gasteiger partial charge < -0.3 is 9.64 Å². The van der Waals surface area contributed by atoms with Gasteiger partial charge in [-0.05, 0) is 25.1 Å². The number of carbonyl (C=O) groups excluding carboxylic acids is 2. The largest absolute Gasteiger partial charge is 0.450 e. The first-order chi connectivity index (χ1) is 14.2. The summed E-state index contributed by atoms with van der Waals surface area (Å²) in [5, 5.41) is 0. The third kappa shape index (κ3) is 4.00. The van der Waals surface area contributed by atoms with Gasteiger partial charge in [-0.2, -0.15) is 0 Å². The lowest BCUT2D eigenvalue weighted by Gasteiger charge is -2.36. The number of anilines is 1. The minimum absolute atomic E-state index is 0.0946. The maximum absolute atomic E-state index is 13.2. The number of nitrogens with zero attached hydrogens (tertiary/aromatic N) is 4. The van der Waals surface area contributed by atoms with Crippen LogP contribution in [0.15, 0.2) is 59.6 Å². The molecular weight excluding hydrogens is 368 g/mol. The molecule has 0 aliphatic carbocycles. The van der Waals surface area contributed by atoms with Gasteiger partial charge >= 0.3 is 6.09 Å². The number of benzene rings is 2. The van der Waals surface area contributed by atoms with E-state index in [9.17, 15) is 9.59 Å². The SMILES string of the molecule is CCOC(=O)N1CCN(CN2C(=O)C(=Nc3ccccc3)c3ccccc32)CC1. The first kappa shape index (κ1) is 19.1. The highest BCUT2D eigenvalue weighted by Crippen LogP contribution is 2.31. The summed E-state index contributed by atoms with van der Waals surface area (Å²) in [6, 6.07) is 17.3. The molecule has 4 rings (SSSR count). The zero-order valence-electron chi connectivity index (χ0n) is 16.5. The lowest BCUT2D eigenvalue weighted by atomic mass is 10.1. The van der Waals surface area contributed by atoms with Crippen molar-refractivity contribution in [3.05, 3.63) is 60.2 Å². The Morgan fingerprint density at radius 3 is 2.41 bits per heavy atom. The molecule has 0 saturated carbocycles. The van der Waals surface area contributed by atoms with E-state index in [0.717, 1.165) is 16.9 Å². The van der Waals surface area contributed by atoms with Gasteiger partial charge in [0.05, 0.1) is 24.7 Å². The summed E-state index contributed by atoms with van der Waals surface area (Å²) in [5.41, 5.74) is 2.96. The van der Waals surface area contributed by atoms with Gasteiger partial charge in [-0.3, -0.25) is 14.6 Å². The van der Waals surface area contributed by atoms with Crippen LogP contribution < -0.4 is 4.90 Å². The van der Waals surface area contributed by atoms with Crippen LogP contribution in [-0.2, 0) is 9.53 Å². The van der Waals surface area contributed by atoms with Crippen LogP contribution in [0, 0.1) is 0 Å². The molecule has 2 aromatic rings. The molecule has 0 radical (unpaired) electrons. The van der Waals surface area contributed by atoms with E-state index in [1.165, 1.54) is 0 Å². The molecular formula is C22H24N4O3. The van der Waals surface area contributed by atoms with Gasteiger partial charge in [-0.15, -0.1) is 0 Å². The molecule has 7 nitrogen and oxygen atoms in total. The minimum Gasteiger partial charge on any atom is -0.450 e. The molecule has 2 amide bonds. The molecule has 0 aromatic heterocycles. The number of para-hydroxylation sites is 2. The van der Waals surface area contributed by atoms with E-state index in [1.54, 1.807) is 16.7 Å². The Morgan fingerprint density at radius 2 is 1.69 bits per heavy atom. The van der Waals surface area contributed by atoms with E-state index in [4.69, 9.17) is 4.74 Å². The van der Waals surface area contributed by atoms with E-state index < -0.39 is 0 Å². The second kappa shape index (κ2) is 8.45. The summed E-state index contributed by atoms with van der Waals surface area (Å²) in [7, 11) is 0. The van der Waals surface area contributed by atoms with E-state index in [0.29, 0.717) is 45.2 Å². The van der Waals surface area contributed by atoms with Crippen LogP contribution >= 0.6 is 0 Å². The van der Waals surface area contributed by atoms with Crippen molar-refractivity contribution in [2.45, 2.75) is 6.92 Å². The number of rotatable bonds is 4. The van der Waals surface area contributed by atoms with Crippen LogP contribution in [0.1, 0.15) is 12.5 Å². The molecule has 0 spiro atoms. The third-order valence-corrected chi connectivity index (χ3v) is 5.13. The van der Waals surface area contributed by atoms with Crippen molar-refractivity contribution in [3.63, 3.8) is 0 Å². The molecule has 0 unspecified atom stereocenters. The normalized spacial score (nSPS) is 18.2. The quantitative estimate of drug-likeness (QED) is 0.803. The smallest absolute Gasteiger partial charge is 0.409 e. The van der Waals surface area contributed by atoms with Crippen LogP contribution in [0.5, 0.6) is 0 Å². The fourth-order valence-corrected chi connectivity index (χ4v) is 3.63. The number of piperazine rings is 1. The molecule has 2 aliphatic rings. The predicted octanol–water partition coefficient (Wildman–Crippen LogP) is 2.89. The first-order valence-electron chi connectivity index (χ1n) is 9.86. The average Bonchev–Trinajstić information content (AvgIpc) is 3.01.